The van der Waals surface area contributed by atoms with Gasteiger partial charge in [-0.15, -0.1) is 0 Å². The van der Waals surface area contributed by atoms with Crippen molar-refractivity contribution in [3.8, 4) is 0 Å². The van der Waals surface area contributed by atoms with Crippen molar-refractivity contribution < 1.29 is 0 Å². The molecule has 1 aromatic carbocycles. The summed E-state index contributed by atoms with van der Waals surface area (Å²) in [5.41, 5.74) is 3.64. The van der Waals surface area contributed by atoms with Crippen LogP contribution < -0.4 is 5.32 Å². The lowest BCUT2D eigenvalue weighted by Crippen LogP contribution is -2.43. The average Bonchev–Trinajstić information content (AvgIpc) is 2.27. The lowest BCUT2D eigenvalue weighted by atomic mass is 9.64. The minimum atomic E-state index is 0.257. The molecule has 1 aliphatic rings. The maximum atomic E-state index is 3.53. The minimum Gasteiger partial charge on any atom is -0.316 e. The molecule has 0 radical (unpaired) electrons. The van der Waals surface area contributed by atoms with Crippen LogP contribution >= 0.6 is 0 Å². The maximum Gasteiger partial charge on any atom is 0.00778 e. The van der Waals surface area contributed by atoms with Gasteiger partial charge in [0, 0.05) is 12.0 Å². The van der Waals surface area contributed by atoms with Gasteiger partial charge < -0.3 is 5.32 Å². The molecule has 0 amide bonds. The number of benzene rings is 1. The fraction of sp³-hybridized carbons (Fsp3) is 0.647. The third-order valence-electron chi connectivity index (χ3n) is 4.39. The van der Waals surface area contributed by atoms with E-state index in [-0.39, 0.29) is 5.41 Å². The molecule has 0 aromatic heterocycles. The van der Waals surface area contributed by atoms with Crippen molar-refractivity contribution in [1.82, 2.24) is 5.32 Å². The Morgan fingerprint density at radius 1 is 1.11 bits per heavy atom. The molecule has 1 nitrogen and oxygen atoms in total. The van der Waals surface area contributed by atoms with Crippen molar-refractivity contribution in [2.45, 2.75) is 57.8 Å². The van der Waals surface area contributed by atoms with Crippen LogP contribution in [0.5, 0.6) is 0 Å². The first kappa shape index (κ1) is 13.6. The van der Waals surface area contributed by atoms with Gasteiger partial charge in [0.05, 0.1) is 0 Å². The third kappa shape index (κ3) is 2.61. The highest BCUT2D eigenvalue weighted by Gasteiger charge is 2.38. The fourth-order valence-corrected chi connectivity index (χ4v) is 2.86. The first-order chi connectivity index (χ1) is 8.48. The largest absolute Gasteiger partial charge is 0.316 e. The Bertz CT molecular complexity index is 379. The molecule has 0 saturated heterocycles. The van der Waals surface area contributed by atoms with Gasteiger partial charge >= 0.3 is 0 Å². The van der Waals surface area contributed by atoms with E-state index >= 15 is 0 Å². The Balaban J connectivity index is 2.17. The SMILES string of the molecule is CCNCC1(c2ccc(C(C)(C)C)cc2)CCC1. The van der Waals surface area contributed by atoms with Crippen molar-refractivity contribution in [2.24, 2.45) is 0 Å². The summed E-state index contributed by atoms with van der Waals surface area (Å²) in [6.45, 7) is 11.2. The van der Waals surface area contributed by atoms with Gasteiger partial charge in [-0.25, -0.2) is 0 Å². The van der Waals surface area contributed by atoms with Gasteiger partial charge in [0.15, 0.2) is 0 Å². The van der Waals surface area contributed by atoms with Gasteiger partial charge in [0.2, 0.25) is 0 Å². The van der Waals surface area contributed by atoms with Crippen molar-refractivity contribution in [1.29, 1.82) is 0 Å². The normalized spacial score (nSPS) is 18.4. The molecule has 0 unspecified atom stereocenters. The summed E-state index contributed by atoms with van der Waals surface area (Å²) in [5, 5.41) is 3.53. The molecule has 1 saturated carbocycles. The Labute approximate surface area is 112 Å². The first-order valence-electron chi connectivity index (χ1n) is 7.30. The van der Waals surface area contributed by atoms with Crippen LogP contribution in [0.25, 0.3) is 0 Å². The van der Waals surface area contributed by atoms with E-state index in [1.165, 1.54) is 30.4 Å². The van der Waals surface area contributed by atoms with Gasteiger partial charge in [-0.1, -0.05) is 58.4 Å². The molecule has 100 valence electrons. The highest BCUT2D eigenvalue weighted by atomic mass is 14.9. The zero-order valence-corrected chi connectivity index (χ0v) is 12.3. The molecule has 0 spiro atoms. The van der Waals surface area contributed by atoms with E-state index in [2.05, 4.69) is 57.3 Å². The lowest BCUT2D eigenvalue weighted by molar-refractivity contribution is 0.235. The number of hydrogen-bond donors (Lipinski definition) is 1. The van der Waals surface area contributed by atoms with Crippen LogP contribution in [0, 0.1) is 0 Å². The molecule has 1 aromatic rings. The van der Waals surface area contributed by atoms with Gasteiger partial charge in [-0.3, -0.25) is 0 Å². The Morgan fingerprint density at radius 2 is 1.72 bits per heavy atom. The highest BCUT2D eigenvalue weighted by Crippen LogP contribution is 2.43. The summed E-state index contributed by atoms with van der Waals surface area (Å²) in [6, 6.07) is 9.36. The van der Waals surface area contributed by atoms with Gasteiger partial charge in [-0.2, -0.15) is 0 Å². The number of nitrogens with one attached hydrogen (secondary N) is 1. The quantitative estimate of drug-likeness (QED) is 0.845. The summed E-state index contributed by atoms with van der Waals surface area (Å²) >= 11 is 0. The van der Waals surface area contributed by atoms with Crippen molar-refractivity contribution in [3.05, 3.63) is 35.4 Å². The monoisotopic (exact) mass is 245 g/mol. The lowest BCUT2D eigenvalue weighted by Gasteiger charge is -2.43. The molecule has 0 heterocycles. The van der Waals surface area contributed by atoms with Gasteiger partial charge in [0.25, 0.3) is 0 Å². The molecule has 0 atom stereocenters. The van der Waals surface area contributed by atoms with E-state index in [1.807, 2.05) is 0 Å². The second-order valence-corrected chi connectivity index (χ2v) is 6.74. The maximum absolute atomic E-state index is 3.53. The van der Waals surface area contributed by atoms with E-state index in [1.54, 1.807) is 0 Å². The standard InChI is InChI=1S/C17H27N/c1-5-18-13-17(11-6-12-17)15-9-7-14(8-10-15)16(2,3)4/h7-10,18H,5-6,11-13H2,1-4H3. The zero-order chi connectivity index (χ0) is 13.2. The van der Waals surface area contributed by atoms with E-state index in [9.17, 15) is 0 Å². The van der Waals surface area contributed by atoms with Crippen LogP contribution in [0.15, 0.2) is 24.3 Å². The van der Waals surface area contributed by atoms with Crippen LogP contribution in [0.1, 0.15) is 58.1 Å². The molecular weight excluding hydrogens is 218 g/mol. The predicted octanol–water partition coefficient (Wildman–Crippen LogP) is 4.02. The summed E-state index contributed by atoms with van der Waals surface area (Å²) in [4.78, 5) is 0. The zero-order valence-electron chi connectivity index (χ0n) is 12.3. The van der Waals surface area contributed by atoms with Crippen molar-refractivity contribution in [3.63, 3.8) is 0 Å². The van der Waals surface area contributed by atoms with Crippen LogP contribution in [-0.4, -0.2) is 13.1 Å². The molecular formula is C17H27N. The summed E-state index contributed by atoms with van der Waals surface area (Å²) < 4.78 is 0. The molecule has 18 heavy (non-hydrogen) atoms. The summed E-state index contributed by atoms with van der Waals surface area (Å²) in [6.07, 6.45) is 4.07. The fourth-order valence-electron chi connectivity index (χ4n) is 2.86. The van der Waals surface area contributed by atoms with Crippen molar-refractivity contribution in [2.75, 3.05) is 13.1 Å². The van der Waals surface area contributed by atoms with Crippen LogP contribution in [0.2, 0.25) is 0 Å². The van der Waals surface area contributed by atoms with Gasteiger partial charge in [0.1, 0.15) is 0 Å². The first-order valence-corrected chi connectivity index (χ1v) is 7.30. The van der Waals surface area contributed by atoms with E-state index in [4.69, 9.17) is 0 Å². The molecule has 1 heteroatoms. The molecule has 1 N–H and O–H groups in total. The van der Waals surface area contributed by atoms with Crippen LogP contribution in [0.3, 0.4) is 0 Å². The van der Waals surface area contributed by atoms with E-state index in [0.717, 1.165) is 13.1 Å². The van der Waals surface area contributed by atoms with E-state index < -0.39 is 0 Å². The van der Waals surface area contributed by atoms with Crippen molar-refractivity contribution >= 4 is 0 Å². The number of rotatable bonds is 4. The Kier molecular flexibility index (Phi) is 3.82. The van der Waals surface area contributed by atoms with Gasteiger partial charge in [-0.05, 0) is 35.9 Å². The molecule has 0 aliphatic heterocycles. The topological polar surface area (TPSA) is 12.0 Å². The molecule has 0 bridgehead atoms. The second kappa shape index (κ2) is 5.05. The van der Waals surface area contributed by atoms with E-state index in [0.29, 0.717) is 5.41 Å². The second-order valence-electron chi connectivity index (χ2n) is 6.74. The Morgan fingerprint density at radius 3 is 2.11 bits per heavy atom. The third-order valence-corrected chi connectivity index (χ3v) is 4.39. The minimum absolute atomic E-state index is 0.257. The smallest absolute Gasteiger partial charge is 0.00778 e. The predicted molar refractivity (Wildman–Crippen MR) is 79.2 cm³/mol. The summed E-state index contributed by atoms with van der Waals surface area (Å²) in [5.74, 6) is 0. The molecule has 2 rings (SSSR count). The van der Waals surface area contributed by atoms with Crippen LogP contribution in [0.4, 0.5) is 0 Å². The van der Waals surface area contributed by atoms with Crippen LogP contribution in [-0.2, 0) is 10.8 Å². The number of hydrogen-bond acceptors (Lipinski definition) is 1. The molecule has 1 fully saturated rings. The number of likely N-dealkylation sites (N-methyl/N-ethyl adjacent to an activating group) is 1. The molecule has 1 aliphatic carbocycles. The summed E-state index contributed by atoms with van der Waals surface area (Å²) in [7, 11) is 0. The Hall–Kier alpha value is -0.820. The average molecular weight is 245 g/mol. The highest BCUT2D eigenvalue weighted by molar-refractivity contribution is 5.34.